The summed E-state index contributed by atoms with van der Waals surface area (Å²) in [4.78, 5) is 4.10. The zero-order valence-electron chi connectivity index (χ0n) is 7.00. The Labute approximate surface area is 104 Å². The third-order valence-electron chi connectivity index (χ3n) is 1.57. The molecule has 2 nitrogen and oxygen atoms in total. The monoisotopic (exact) mass is 336 g/mol. The number of nitrogens with one attached hydrogen (secondary N) is 1. The third kappa shape index (κ3) is 2.59. The highest BCUT2D eigenvalue weighted by Gasteiger charge is 1.99. The molecule has 1 heterocycles. The fourth-order valence-electron chi connectivity index (χ4n) is 0.968. The van der Waals surface area contributed by atoms with Gasteiger partial charge in [0.25, 0.3) is 0 Å². The van der Waals surface area contributed by atoms with Gasteiger partial charge in [-0.15, -0.1) is 11.3 Å². The van der Waals surface area contributed by atoms with Gasteiger partial charge < -0.3 is 5.32 Å². The quantitative estimate of drug-likeness (QED) is 0.834. The third-order valence-corrected chi connectivity index (χ3v) is 3.37. The molecule has 0 fully saturated rings. The molecule has 0 aliphatic carbocycles. The number of hydrogen-bond acceptors (Lipinski definition) is 3. The number of thiazole rings is 1. The summed E-state index contributed by atoms with van der Waals surface area (Å²) in [5.41, 5.74) is 1.02. The number of aromatic nitrogens is 1. The maximum Gasteiger partial charge on any atom is 0.188 e. The molecule has 1 aromatic carbocycles. The molecule has 5 heteroatoms. The van der Waals surface area contributed by atoms with Crippen molar-refractivity contribution in [2.75, 3.05) is 5.32 Å². The molecule has 0 aliphatic rings. The van der Waals surface area contributed by atoms with Crippen LogP contribution in [0.2, 0.25) is 5.15 Å². The molecular formula is C9H6ClIN2S. The van der Waals surface area contributed by atoms with Gasteiger partial charge in [0.05, 0.1) is 0 Å². The molecule has 14 heavy (non-hydrogen) atoms. The van der Waals surface area contributed by atoms with Crippen molar-refractivity contribution >= 4 is 56.3 Å². The average Bonchev–Trinajstić information content (AvgIpc) is 2.56. The summed E-state index contributed by atoms with van der Waals surface area (Å²) in [6.45, 7) is 0. The standard InChI is InChI=1S/C9H6ClIN2S/c10-8-5-14-9(13-8)12-7-3-1-6(11)2-4-7/h1-5H,(H,12,13). The van der Waals surface area contributed by atoms with Gasteiger partial charge in [-0.25, -0.2) is 4.98 Å². The smallest absolute Gasteiger partial charge is 0.188 e. The fourth-order valence-corrected chi connectivity index (χ4v) is 2.19. The van der Waals surface area contributed by atoms with Crippen LogP contribution in [0, 0.1) is 3.57 Å². The summed E-state index contributed by atoms with van der Waals surface area (Å²) in [6.07, 6.45) is 0. The van der Waals surface area contributed by atoms with Crippen molar-refractivity contribution < 1.29 is 0 Å². The SMILES string of the molecule is Clc1csc(Nc2ccc(I)cc2)n1. The Bertz CT molecular complexity index is 427. The Balaban J connectivity index is 2.15. The molecule has 0 atom stereocenters. The second-order valence-electron chi connectivity index (χ2n) is 2.61. The van der Waals surface area contributed by atoms with Crippen LogP contribution in [-0.2, 0) is 0 Å². The van der Waals surface area contributed by atoms with Gasteiger partial charge in [0, 0.05) is 14.6 Å². The summed E-state index contributed by atoms with van der Waals surface area (Å²) in [6, 6.07) is 8.10. The second kappa shape index (κ2) is 4.46. The average molecular weight is 337 g/mol. The predicted octanol–water partition coefficient (Wildman–Crippen LogP) is 4.14. The van der Waals surface area contributed by atoms with E-state index in [0.717, 1.165) is 10.8 Å². The first-order chi connectivity index (χ1) is 6.74. The number of hydrogen-bond donors (Lipinski definition) is 1. The van der Waals surface area contributed by atoms with Gasteiger partial charge >= 0.3 is 0 Å². The molecule has 0 bridgehead atoms. The van der Waals surface area contributed by atoms with E-state index in [-0.39, 0.29) is 0 Å². The Morgan fingerprint density at radius 2 is 2.00 bits per heavy atom. The predicted molar refractivity (Wildman–Crippen MR) is 69.6 cm³/mol. The molecule has 0 amide bonds. The summed E-state index contributed by atoms with van der Waals surface area (Å²) in [5, 5.41) is 6.32. The van der Waals surface area contributed by atoms with E-state index < -0.39 is 0 Å². The van der Waals surface area contributed by atoms with Gasteiger partial charge in [-0.2, -0.15) is 0 Å². The van der Waals surface area contributed by atoms with E-state index in [0.29, 0.717) is 5.15 Å². The molecule has 0 saturated carbocycles. The van der Waals surface area contributed by atoms with Gasteiger partial charge in [0.15, 0.2) is 5.13 Å². The first kappa shape index (κ1) is 10.2. The summed E-state index contributed by atoms with van der Waals surface area (Å²) >= 11 is 9.47. The lowest BCUT2D eigenvalue weighted by molar-refractivity contribution is 1.39. The Hall–Kier alpha value is -0.330. The molecular weight excluding hydrogens is 331 g/mol. The van der Waals surface area contributed by atoms with E-state index in [1.807, 2.05) is 24.3 Å². The highest BCUT2D eigenvalue weighted by atomic mass is 127. The van der Waals surface area contributed by atoms with E-state index in [2.05, 4.69) is 32.9 Å². The van der Waals surface area contributed by atoms with Crippen LogP contribution in [0.15, 0.2) is 29.6 Å². The van der Waals surface area contributed by atoms with Crippen molar-refractivity contribution in [1.29, 1.82) is 0 Å². The molecule has 0 aliphatic heterocycles. The largest absolute Gasteiger partial charge is 0.332 e. The fraction of sp³-hybridized carbons (Fsp3) is 0. The molecule has 0 saturated heterocycles. The number of nitrogens with zero attached hydrogens (tertiary/aromatic N) is 1. The molecule has 2 aromatic rings. The minimum absolute atomic E-state index is 0.531. The summed E-state index contributed by atoms with van der Waals surface area (Å²) < 4.78 is 1.21. The molecule has 0 radical (unpaired) electrons. The summed E-state index contributed by atoms with van der Waals surface area (Å²) in [7, 11) is 0. The van der Waals surface area contributed by atoms with E-state index in [1.54, 1.807) is 5.38 Å². The van der Waals surface area contributed by atoms with Crippen molar-refractivity contribution in [3.63, 3.8) is 0 Å². The first-order valence-electron chi connectivity index (χ1n) is 3.88. The van der Waals surface area contributed by atoms with Gasteiger partial charge in [0.1, 0.15) is 5.15 Å². The van der Waals surface area contributed by atoms with Crippen LogP contribution in [0.3, 0.4) is 0 Å². The van der Waals surface area contributed by atoms with Gasteiger partial charge in [-0.05, 0) is 46.9 Å². The first-order valence-corrected chi connectivity index (χ1v) is 6.21. The summed E-state index contributed by atoms with van der Waals surface area (Å²) in [5.74, 6) is 0. The van der Waals surface area contributed by atoms with E-state index in [9.17, 15) is 0 Å². The van der Waals surface area contributed by atoms with Crippen LogP contribution in [0.5, 0.6) is 0 Å². The van der Waals surface area contributed by atoms with Gasteiger partial charge in [0.2, 0.25) is 0 Å². The van der Waals surface area contributed by atoms with Crippen molar-refractivity contribution in [1.82, 2.24) is 4.98 Å². The number of rotatable bonds is 2. The Kier molecular flexibility index (Phi) is 3.25. The van der Waals surface area contributed by atoms with E-state index in [4.69, 9.17) is 11.6 Å². The molecule has 0 spiro atoms. The van der Waals surface area contributed by atoms with Crippen molar-refractivity contribution in [2.24, 2.45) is 0 Å². The Morgan fingerprint density at radius 3 is 2.57 bits per heavy atom. The highest BCUT2D eigenvalue weighted by Crippen LogP contribution is 2.23. The maximum atomic E-state index is 5.71. The molecule has 1 N–H and O–H groups in total. The highest BCUT2D eigenvalue weighted by molar-refractivity contribution is 14.1. The van der Waals surface area contributed by atoms with E-state index in [1.165, 1.54) is 14.9 Å². The number of halogens is 2. The van der Waals surface area contributed by atoms with Crippen molar-refractivity contribution in [3.05, 3.63) is 38.4 Å². The normalized spacial score (nSPS) is 10.1. The molecule has 1 aromatic heterocycles. The van der Waals surface area contributed by atoms with Crippen LogP contribution in [0.4, 0.5) is 10.8 Å². The molecule has 0 unspecified atom stereocenters. The van der Waals surface area contributed by atoms with Crippen LogP contribution < -0.4 is 5.32 Å². The van der Waals surface area contributed by atoms with Crippen LogP contribution in [-0.4, -0.2) is 4.98 Å². The minimum atomic E-state index is 0.531. The molecule has 72 valence electrons. The lowest BCUT2D eigenvalue weighted by Gasteiger charge is -2.01. The molecule has 2 rings (SSSR count). The topological polar surface area (TPSA) is 24.9 Å². The van der Waals surface area contributed by atoms with Crippen LogP contribution in [0.1, 0.15) is 0 Å². The lowest BCUT2D eigenvalue weighted by Crippen LogP contribution is -1.88. The second-order valence-corrected chi connectivity index (χ2v) is 5.10. The number of benzene rings is 1. The maximum absolute atomic E-state index is 5.71. The van der Waals surface area contributed by atoms with E-state index >= 15 is 0 Å². The van der Waals surface area contributed by atoms with Crippen molar-refractivity contribution in [3.8, 4) is 0 Å². The Morgan fingerprint density at radius 1 is 1.29 bits per heavy atom. The van der Waals surface area contributed by atoms with Gasteiger partial charge in [-0.3, -0.25) is 0 Å². The zero-order valence-corrected chi connectivity index (χ0v) is 10.7. The van der Waals surface area contributed by atoms with Gasteiger partial charge in [-0.1, -0.05) is 11.6 Å². The van der Waals surface area contributed by atoms with Crippen LogP contribution in [0.25, 0.3) is 0 Å². The number of anilines is 2. The van der Waals surface area contributed by atoms with Crippen LogP contribution >= 0.6 is 45.5 Å². The lowest BCUT2D eigenvalue weighted by atomic mass is 10.3. The minimum Gasteiger partial charge on any atom is -0.332 e. The zero-order chi connectivity index (χ0) is 9.97. The van der Waals surface area contributed by atoms with Crippen molar-refractivity contribution in [2.45, 2.75) is 0 Å².